The number of likely N-dealkylation sites (tertiary alicyclic amines) is 3. The topological polar surface area (TPSA) is 161 Å². The Bertz CT molecular complexity index is 2930. The second-order valence-electron chi connectivity index (χ2n) is 22.1. The third kappa shape index (κ3) is 15.8. The first-order valence-electron chi connectivity index (χ1n) is 28.8. The van der Waals surface area contributed by atoms with Gasteiger partial charge in [-0.1, -0.05) is 101 Å². The van der Waals surface area contributed by atoms with E-state index >= 15 is 4.39 Å². The van der Waals surface area contributed by atoms with Gasteiger partial charge < -0.3 is 28.9 Å². The Morgan fingerprint density at radius 3 is 1.95 bits per heavy atom. The van der Waals surface area contributed by atoms with Crippen molar-refractivity contribution in [3.63, 3.8) is 0 Å². The quantitative estimate of drug-likeness (QED) is 0.101. The van der Waals surface area contributed by atoms with E-state index in [-0.39, 0.29) is 59.7 Å². The number of aromatic nitrogens is 3. The van der Waals surface area contributed by atoms with Crippen LogP contribution in [0.25, 0.3) is 21.5 Å². The molecule has 5 aromatic rings. The highest BCUT2D eigenvalue weighted by Crippen LogP contribution is 2.29. The second kappa shape index (κ2) is 28.4. The van der Waals surface area contributed by atoms with Crippen LogP contribution in [0.5, 0.6) is 0 Å². The van der Waals surface area contributed by atoms with Gasteiger partial charge in [-0.05, 0) is 98.2 Å². The predicted molar refractivity (Wildman–Crippen MR) is 304 cm³/mol. The van der Waals surface area contributed by atoms with Crippen LogP contribution in [0, 0.1) is 11.7 Å². The van der Waals surface area contributed by atoms with Crippen LogP contribution in [0.4, 0.5) is 4.39 Å². The molecule has 4 aliphatic heterocycles. The third-order valence-electron chi connectivity index (χ3n) is 16.1. The summed E-state index contributed by atoms with van der Waals surface area (Å²) in [4.78, 5) is 86.6. The molecule has 6 aliphatic rings. The molecule has 16 heteroatoms. The number of pyridine rings is 1. The number of halogens is 1. The van der Waals surface area contributed by atoms with Crippen LogP contribution in [0.3, 0.4) is 0 Å². The number of aromatic amines is 1. The number of fused-ring (bicyclic) bond motifs is 2. The van der Waals surface area contributed by atoms with Gasteiger partial charge in [0.05, 0.1) is 35.4 Å². The number of rotatable bonds is 11. The van der Waals surface area contributed by atoms with Gasteiger partial charge in [0.2, 0.25) is 18.2 Å². The van der Waals surface area contributed by atoms with Crippen LogP contribution in [0.15, 0.2) is 95.2 Å². The molecule has 1 atom stereocenters. The van der Waals surface area contributed by atoms with E-state index in [1.165, 1.54) is 62.0 Å². The minimum atomic E-state index is -0.615. The molecule has 4 saturated heterocycles. The minimum Gasteiger partial charge on any atom is -0.375 e. The average Bonchev–Trinajstić information content (AvgIpc) is 4.32. The van der Waals surface area contributed by atoms with Crippen molar-refractivity contribution in [2.45, 2.75) is 135 Å². The van der Waals surface area contributed by atoms with E-state index in [1.54, 1.807) is 51.2 Å². The summed E-state index contributed by atoms with van der Waals surface area (Å²) in [6, 6.07) is 19.4. The van der Waals surface area contributed by atoms with Crippen molar-refractivity contribution in [1.82, 2.24) is 39.3 Å². The number of piperidine rings is 3. The first-order valence-corrected chi connectivity index (χ1v) is 28.8. The molecule has 0 radical (unpaired) electrons. The van der Waals surface area contributed by atoms with E-state index in [0.717, 1.165) is 81.4 Å². The van der Waals surface area contributed by atoms with E-state index < -0.39 is 11.7 Å². The van der Waals surface area contributed by atoms with Crippen LogP contribution in [0.1, 0.15) is 137 Å². The Kier molecular flexibility index (Phi) is 21.0. The molecule has 11 rings (SSSR count). The number of allylic oxidation sites excluding steroid dienone is 1. The molecule has 2 aliphatic carbocycles. The highest BCUT2D eigenvalue weighted by molar-refractivity contribution is 5.95. The Morgan fingerprint density at radius 1 is 0.705 bits per heavy atom. The molecule has 78 heavy (non-hydrogen) atoms. The Balaban J connectivity index is 0.000000546. The Morgan fingerprint density at radius 2 is 1.31 bits per heavy atom. The monoisotopic (exact) mass is 1070 g/mol. The number of ether oxygens (including phenoxy) is 1. The van der Waals surface area contributed by atoms with Gasteiger partial charge in [-0.2, -0.15) is 5.10 Å². The third-order valence-corrected chi connectivity index (χ3v) is 16.1. The van der Waals surface area contributed by atoms with Crippen molar-refractivity contribution >= 4 is 45.7 Å². The number of carbonyl (C=O) groups is 4. The van der Waals surface area contributed by atoms with E-state index in [2.05, 4.69) is 28.6 Å². The first kappa shape index (κ1) is 57.6. The van der Waals surface area contributed by atoms with Gasteiger partial charge in [-0.25, -0.2) is 9.49 Å². The number of nitrogens with one attached hydrogen (secondary N) is 1. The smallest absolute Gasteiger partial charge is 0.272 e. The summed E-state index contributed by atoms with van der Waals surface area (Å²) in [5.41, 5.74) is 1.84. The highest BCUT2D eigenvalue weighted by atomic mass is 19.1. The van der Waals surface area contributed by atoms with E-state index in [4.69, 9.17) is 4.74 Å². The zero-order valence-electron chi connectivity index (χ0n) is 46.1. The number of amides is 4. The van der Waals surface area contributed by atoms with Crippen molar-refractivity contribution in [3.8, 4) is 0 Å². The fraction of sp³-hybridized carbons (Fsp3) is 0.532. The van der Waals surface area contributed by atoms with Crippen molar-refractivity contribution in [2.24, 2.45) is 5.92 Å². The maximum Gasteiger partial charge on any atom is 0.272 e. The number of nitrogens with zero attached hydrogens (tertiary/aromatic N) is 7. The van der Waals surface area contributed by atoms with Crippen molar-refractivity contribution in [1.29, 1.82) is 0 Å². The molecule has 2 aromatic heterocycles. The van der Waals surface area contributed by atoms with Gasteiger partial charge in [0, 0.05) is 94.8 Å². The molecule has 0 spiro atoms. The van der Waals surface area contributed by atoms with Crippen molar-refractivity contribution in [3.05, 3.63) is 134 Å². The zero-order valence-corrected chi connectivity index (χ0v) is 46.1. The summed E-state index contributed by atoms with van der Waals surface area (Å²) < 4.78 is 23.1. The lowest BCUT2D eigenvalue weighted by Crippen LogP contribution is -2.53. The Labute approximate surface area is 458 Å². The predicted octanol–water partition coefficient (Wildman–Crippen LogP) is 8.71. The van der Waals surface area contributed by atoms with E-state index in [1.807, 2.05) is 48.2 Å². The van der Waals surface area contributed by atoms with Gasteiger partial charge in [-0.3, -0.25) is 33.7 Å². The summed E-state index contributed by atoms with van der Waals surface area (Å²) in [5, 5.41) is 9.37. The molecular weight excluding hydrogens is 988 g/mol. The molecular formula is C62H81FN8O7. The van der Waals surface area contributed by atoms with Crippen molar-refractivity contribution in [2.75, 3.05) is 72.0 Å². The van der Waals surface area contributed by atoms with Crippen LogP contribution < -0.4 is 11.1 Å². The van der Waals surface area contributed by atoms with Gasteiger partial charge in [0.1, 0.15) is 12.4 Å². The maximum atomic E-state index is 15.0. The zero-order chi connectivity index (χ0) is 55.0. The van der Waals surface area contributed by atoms with Gasteiger partial charge >= 0.3 is 0 Å². The standard InChI is InChI=1S/C49H55FN8O7.C6H12.C4H8.C3H6/c50-43-10-7-33(27-44-39-5-1-2-6-40(39)47(62)52-51-44)26-42(43)49(64)57-24-22-56(23-25-57)45(60)30-53-17-12-37(13-18-53)65-38-14-20-55(21-15-38)46(61)31-58-19-11-34-8-9-35(28-41(34)48(58)63)36-4-3-16-54(29-36)32-59;1-2-4-6-5-3-1;1-4-2-3-4;1-3-2/h1-2,5-11,19,26,28,32,36-38H,3-4,12-18,20-25,27,29-31H2,(H,52,62);1-6H2;4H,2-3H2,1H3;3H,1H2,2H3. The second-order valence-corrected chi connectivity index (χ2v) is 22.1. The fourth-order valence-corrected chi connectivity index (χ4v) is 11.2. The van der Waals surface area contributed by atoms with Crippen LogP contribution in [-0.2, 0) is 32.1 Å². The van der Waals surface area contributed by atoms with Crippen LogP contribution >= 0.6 is 0 Å². The van der Waals surface area contributed by atoms with Crippen LogP contribution in [0.2, 0.25) is 0 Å². The summed E-state index contributed by atoms with van der Waals surface area (Å²) >= 11 is 0. The van der Waals surface area contributed by atoms with Gasteiger partial charge in [0.15, 0.2) is 0 Å². The molecule has 418 valence electrons. The molecule has 1 unspecified atom stereocenters. The normalized spacial score (nSPS) is 19.4. The average molecular weight is 1070 g/mol. The molecule has 3 aromatic carbocycles. The number of carbonyl (C=O) groups excluding carboxylic acids is 4. The number of hydrogen-bond donors (Lipinski definition) is 1. The fourth-order valence-electron chi connectivity index (χ4n) is 11.2. The number of piperazine rings is 1. The molecule has 2 saturated carbocycles. The SMILES string of the molecule is C1CCCCC1.C=CC.CC1CC1.O=CN1CCCC(c2ccc3ccn(CC(=O)N4CCC(OC5CCN(CC(=O)N6CCN(C(=O)c7cc(Cc8n[nH]c(=O)c9ccccc89)ccc7F)CC6)CC5)CC4)c(=O)c3c2)C1. The summed E-state index contributed by atoms with van der Waals surface area (Å²) in [5.74, 6) is 0.142. The first-order chi connectivity index (χ1) is 37.9. The van der Waals surface area contributed by atoms with Gasteiger partial charge in [-0.15, -0.1) is 6.58 Å². The number of hydrogen-bond acceptors (Lipinski definition) is 9. The summed E-state index contributed by atoms with van der Waals surface area (Å²) in [7, 11) is 0. The molecule has 4 amide bonds. The number of H-pyrrole nitrogens is 1. The molecule has 0 bridgehead atoms. The Hall–Kier alpha value is -6.52. The molecule has 1 N–H and O–H groups in total. The lowest BCUT2D eigenvalue weighted by Gasteiger charge is -2.38. The lowest BCUT2D eigenvalue weighted by molar-refractivity contribution is -0.137. The van der Waals surface area contributed by atoms with E-state index in [9.17, 15) is 28.8 Å². The summed E-state index contributed by atoms with van der Waals surface area (Å²) in [6.45, 7) is 13.1. The van der Waals surface area contributed by atoms with Crippen LogP contribution in [-0.4, -0.2) is 148 Å². The lowest BCUT2D eigenvalue weighted by atomic mass is 9.90. The summed E-state index contributed by atoms with van der Waals surface area (Å²) in [6.07, 6.45) is 21.7. The maximum absolute atomic E-state index is 15.0. The molecule has 6 fully saturated rings. The molecule has 6 heterocycles. The largest absolute Gasteiger partial charge is 0.375 e. The van der Waals surface area contributed by atoms with Gasteiger partial charge in [0.25, 0.3) is 17.0 Å². The highest BCUT2D eigenvalue weighted by Gasteiger charge is 2.31. The molecule has 15 nitrogen and oxygen atoms in total. The van der Waals surface area contributed by atoms with Crippen molar-refractivity contribution < 1.29 is 28.3 Å². The number of benzene rings is 3. The minimum absolute atomic E-state index is 0.00426. The van der Waals surface area contributed by atoms with E-state index in [0.29, 0.717) is 79.7 Å².